The minimum absolute atomic E-state index is 0. The predicted molar refractivity (Wildman–Crippen MR) is 80.3 cm³/mol. The Bertz CT molecular complexity index is 502. The maximum absolute atomic E-state index is 8.60. The minimum atomic E-state index is 0. The smallest absolute Gasteiger partial charge is 0.127 e. The summed E-state index contributed by atoms with van der Waals surface area (Å²) in [5, 5.41) is 8.60. The molecular formula is C16H18AlO3. The van der Waals surface area contributed by atoms with Crippen LogP contribution >= 0.6 is 0 Å². The van der Waals surface area contributed by atoms with Crippen LogP contribution in [0, 0.1) is 0 Å². The van der Waals surface area contributed by atoms with Gasteiger partial charge in [-0.1, -0.05) is 37.3 Å². The molecule has 1 unspecified atom stereocenters. The van der Waals surface area contributed by atoms with Crippen LogP contribution in [0.4, 0.5) is 0 Å². The summed E-state index contributed by atoms with van der Waals surface area (Å²) in [6.45, 7) is 2.36. The molecule has 0 aromatic heterocycles. The molecule has 0 saturated carbocycles. The van der Waals surface area contributed by atoms with Crippen LogP contribution in [0.5, 0.6) is 11.5 Å². The molecule has 0 aliphatic heterocycles. The summed E-state index contributed by atoms with van der Waals surface area (Å²) in [4.78, 5) is 4.27. The maximum atomic E-state index is 8.60. The van der Waals surface area contributed by atoms with Crippen molar-refractivity contribution in [1.29, 1.82) is 0 Å². The van der Waals surface area contributed by atoms with E-state index in [4.69, 9.17) is 9.99 Å². The Morgan fingerprint density at radius 1 is 1.00 bits per heavy atom. The Morgan fingerprint density at radius 3 is 2.35 bits per heavy atom. The molecule has 2 rings (SSSR count). The molecule has 103 valence electrons. The van der Waals surface area contributed by atoms with Crippen molar-refractivity contribution in [3.05, 3.63) is 60.2 Å². The SMILES string of the molecule is CCC(COO)c1cccc(Oc2ccccc2)c1.[Al]. The van der Waals surface area contributed by atoms with Crippen LogP contribution in [-0.4, -0.2) is 29.2 Å². The van der Waals surface area contributed by atoms with Gasteiger partial charge in [-0.15, -0.1) is 0 Å². The number of para-hydroxylation sites is 1. The van der Waals surface area contributed by atoms with Gasteiger partial charge in [0.2, 0.25) is 0 Å². The molecule has 20 heavy (non-hydrogen) atoms. The number of benzene rings is 2. The minimum Gasteiger partial charge on any atom is -0.457 e. The van der Waals surface area contributed by atoms with Crippen molar-refractivity contribution in [2.24, 2.45) is 0 Å². The molecule has 4 heteroatoms. The van der Waals surface area contributed by atoms with E-state index in [0.717, 1.165) is 23.5 Å². The fourth-order valence-corrected chi connectivity index (χ4v) is 2.00. The van der Waals surface area contributed by atoms with Crippen LogP contribution in [-0.2, 0) is 4.89 Å². The molecule has 1 atom stereocenters. The van der Waals surface area contributed by atoms with Crippen LogP contribution in [0.3, 0.4) is 0 Å². The molecule has 0 bridgehead atoms. The maximum Gasteiger partial charge on any atom is 0.127 e. The molecule has 0 aliphatic rings. The highest BCUT2D eigenvalue weighted by Crippen LogP contribution is 2.26. The third-order valence-electron chi connectivity index (χ3n) is 3.08. The largest absolute Gasteiger partial charge is 0.457 e. The van der Waals surface area contributed by atoms with E-state index in [0.29, 0.717) is 6.61 Å². The van der Waals surface area contributed by atoms with Gasteiger partial charge in [0.15, 0.2) is 0 Å². The van der Waals surface area contributed by atoms with Crippen LogP contribution in [0.1, 0.15) is 24.8 Å². The van der Waals surface area contributed by atoms with Crippen molar-refractivity contribution >= 4 is 17.4 Å². The lowest BCUT2D eigenvalue weighted by molar-refractivity contribution is -0.245. The zero-order valence-corrected chi connectivity index (χ0v) is 12.7. The Morgan fingerprint density at radius 2 is 1.70 bits per heavy atom. The Balaban J connectivity index is 0.00000200. The van der Waals surface area contributed by atoms with Gasteiger partial charge >= 0.3 is 0 Å². The summed E-state index contributed by atoms with van der Waals surface area (Å²) < 4.78 is 5.79. The van der Waals surface area contributed by atoms with Crippen molar-refractivity contribution < 1.29 is 14.9 Å². The van der Waals surface area contributed by atoms with Gasteiger partial charge in [-0.25, -0.2) is 4.89 Å². The standard InChI is InChI=1S/C16H18O3.Al/c1-2-13(12-18-17)14-7-6-10-16(11-14)19-15-8-4-3-5-9-15;/h3-11,13,17H,2,12H2,1H3;. The Hall–Kier alpha value is -1.31. The van der Waals surface area contributed by atoms with Crippen molar-refractivity contribution in [3.63, 3.8) is 0 Å². The summed E-state index contributed by atoms with van der Waals surface area (Å²) >= 11 is 0. The van der Waals surface area contributed by atoms with Gasteiger partial charge in [0.1, 0.15) is 11.5 Å². The van der Waals surface area contributed by atoms with Crippen molar-refractivity contribution in [3.8, 4) is 11.5 Å². The molecule has 0 heterocycles. The second-order valence-electron chi connectivity index (χ2n) is 4.39. The molecule has 3 nitrogen and oxygen atoms in total. The highest BCUT2D eigenvalue weighted by atomic mass is 27.0. The van der Waals surface area contributed by atoms with E-state index in [-0.39, 0.29) is 23.3 Å². The summed E-state index contributed by atoms with van der Waals surface area (Å²) in [6.07, 6.45) is 0.898. The summed E-state index contributed by atoms with van der Waals surface area (Å²) in [5.41, 5.74) is 1.10. The highest BCUT2D eigenvalue weighted by Gasteiger charge is 2.10. The van der Waals surface area contributed by atoms with Gasteiger partial charge in [0.25, 0.3) is 0 Å². The zero-order valence-electron chi connectivity index (χ0n) is 11.5. The van der Waals surface area contributed by atoms with E-state index in [2.05, 4.69) is 11.8 Å². The Kier molecular flexibility index (Phi) is 7.35. The monoisotopic (exact) mass is 285 g/mol. The number of rotatable bonds is 6. The van der Waals surface area contributed by atoms with Gasteiger partial charge in [0, 0.05) is 23.3 Å². The average Bonchev–Trinajstić information content (AvgIpc) is 2.46. The van der Waals surface area contributed by atoms with E-state index in [1.165, 1.54) is 0 Å². The fourth-order valence-electron chi connectivity index (χ4n) is 2.00. The molecule has 2 aromatic carbocycles. The molecule has 0 fully saturated rings. The fraction of sp³-hybridized carbons (Fsp3) is 0.250. The molecular weight excluding hydrogens is 267 g/mol. The van der Waals surface area contributed by atoms with Gasteiger partial charge < -0.3 is 4.74 Å². The van der Waals surface area contributed by atoms with Crippen molar-refractivity contribution in [2.45, 2.75) is 19.3 Å². The lowest BCUT2D eigenvalue weighted by Gasteiger charge is -2.14. The highest BCUT2D eigenvalue weighted by molar-refractivity contribution is 5.75. The quantitative estimate of drug-likeness (QED) is 0.494. The van der Waals surface area contributed by atoms with Gasteiger partial charge in [-0.05, 0) is 36.2 Å². The van der Waals surface area contributed by atoms with E-state index in [1.54, 1.807) is 0 Å². The van der Waals surface area contributed by atoms with E-state index >= 15 is 0 Å². The molecule has 2 aromatic rings. The van der Waals surface area contributed by atoms with E-state index in [9.17, 15) is 0 Å². The number of hydrogen-bond donors (Lipinski definition) is 1. The van der Waals surface area contributed by atoms with Crippen molar-refractivity contribution in [1.82, 2.24) is 0 Å². The topological polar surface area (TPSA) is 38.7 Å². The second kappa shape index (κ2) is 8.78. The molecule has 1 N–H and O–H groups in total. The van der Waals surface area contributed by atoms with Gasteiger partial charge in [-0.2, -0.15) is 0 Å². The molecule has 0 spiro atoms. The van der Waals surface area contributed by atoms with E-state index < -0.39 is 0 Å². The van der Waals surface area contributed by atoms with Crippen LogP contribution < -0.4 is 4.74 Å². The summed E-state index contributed by atoms with van der Waals surface area (Å²) in [5.74, 6) is 1.77. The molecule has 0 amide bonds. The molecule has 0 aliphatic carbocycles. The first-order valence-electron chi connectivity index (χ1n) is 6.42. The van der Waals surface area contributed by atoms with Crippen LogP contribution in [0.25, 0.3) is 0 Å². The molecule has 3 radical (unpaired) electrons. The van der Waals surface area contributed by atoms with Crippen molar-refractivity contribution in [2.75, 3.05) is 6.61 Å². The first-order chi connectivity index (χ1) is 9.33. The zero-order chi connectivity index (χ0) is 13.5. The Labute approximate surface area is 130 Å². The first-order valence-corrected chi connectivity index (χ1v) is 6.42. The second-order valence-corrected chi connectivity index (χ2v) is 4.39. The summed E-state index contributed by atoms with van der Waals surface area (Å²) in [6, 6.07) is 17.5. The van der Waals surface area contributed by atoms with Crippen LogP contribution in [0.2, 0.25) is 0 Å². The normalized spacial score (nSPS) is 11.5. The lowest BCUT2D eigenvalue weighted by atomic mass is 9.97. The number of hydrogen-bond acceptors (Lipinski definition) is 3. The lowest BCUT2D eigenvalue weighted by Crippen LogP contribution is -2.05. The van der Waals surface area contributed by atoms with Gasteiger partial charge in [0.05, 0.1) is 6.61 Å². The van der Waals surface area contributed by atoms with Crippen LogP contribution in [0.15, 0.2) is 54.6 Å². The molecule has 0 saturated heterocycles. The predicted octanol–water partition coefficient (Wildman–Crippen LogP) is 4.08. The first kappa shape index (κ1) is 16.7. The average molecular weight is 285 g/mol. The summed E-state index contributed by atoms with van der Waals surface area (Å²) in [7, 11) is 0. The van der Waals surface area contributed by atoms with Gasteiger partial charge in [-0.3, -0.25) is 5.26 Å². The third kappa shape index (κ3) is 4.66. The van der Waals surface area contributed by atoms with E-state index in [1.807, 2.05) is 54.6 Å². The third-order valence-corrected chi connectivity index (χ3v) is 3.08. The number of ether oxygens (including phenoxy) is 1.